The smallest absolute Gasteiger partial charge is 0.312 e. The molecule has 4 heteroatoms. The first kappa shape index (κ1) is 26.5. The number of carbonyl (C=O) groups is 2. The molecule has 0 aromatic heterocycles. The Morgan fingerprint density at radius 3 is 1.06 bits per heavy atom. The summed E-state index contributed by atoms with van der Waals surface area (Å²) >= 11 is 0. The lowest BCUT2D eigenvalue weighted by Crippen LogP contribution is -2.55. The van der Waals surface area contributed by atoms with Gasteiger partial charge in [0.25, 0.3) is 0 Å². The second-order valence-electron chi connectivity index (χ2n) is 17.1. The SMILES string of the molecule is CC12CC3CC(C1)CC(C(=O)OC(C)(C)C)(C3)C2.CC12CC3CC(C1)CC(C(=O)OC(C)(C)C)(C3)C2. The Kier molecular flexibility index (Phi) is 6.06. The van der Waals surface area contributed by atoms with Crippen molar-refractivity contribution < 1.29 is 19.1 Å². The van der Waals surface area contributed by atoms with E-state index in [9.17, 15) is 9.59 Å². The predicted octanol–water partition coefficient (Wildman–Crippen LogP) is 7.87. The molecule has 0 aliphatic heterocycles. The summed E-state index contributed by atoms with van der Waals surface area (Å²) in [6.45, 7) is 16.7. The zero-order valence-electron chi connectivity index (χ0n) is 24.4. The Balaban J connectivity index is 0.000000148. The Morgan fingerprint density at radius 1 is 0.556 bits per heavy atom. The van der Waals surface area contributed by atoms with Gasteiger partial charge in [-0.15, -0.1) is 0 Å². The molecule has 0 N–H and O–H groups in total. The maximum Gasteiger partial charge on any atom is 0.312 e. The average Bonchev–Trinajstić information content (AvgIpc) is 2.61. The highest BCUT2D eigenvalue weighted by Gasteiger charge is 2.61. The van der Waals surface area contributed by atoms with Crippen LogP contribution in [0.3, 0.4) is 0 Å². The number of esters is 2. The van der Waals surface area contributed by atoms with E-state index >= 15 is 0 Å². The molecule has 0 spiro atoms. The maximum atomic E-state index is 12.6. The van der Waals surface area contributed by atoms with Gasteiger partial charge in [-0.2, -0.15) is 0 Å². The van der Waals surface area contributed by atoms with Crippen molar-refractivity contribution in [2.24, 2.45) is 45.3 Å². The van der Waals surface area contributed by atoms with E-state index < -0.39 is 0 Å². The summed E-state index contributed by atoms with van der Waals surface area (Å²) in [5, 5.41) is 0. The second kappa shape index (κ2) is 8.22. The molecular formula is C32H52O4. The molecule has 4 nitrogen and oxygen atoms in total. The molecule has 0 amide bonds. The normalized spacial score (nSPS) is 46.2. The zero-order valence-corrected chi connectivity index (χ0v) is 24.4. The lowest BCUT2D eigenvalue weighted by atomic mass is 9.44. The van der Waals surface area contributed by atoms with Crippen molar-refractivity contribution in [3.8, 4) is 0 Å². The molecule has 8 fully saturated rings. The molecule has 8 aliphatic rings. The Bertz CT molecular complexity index is 800. The zero-order chi connectivity index (χ0) is 26.4. The maximum absolute atomic E-state index is 12.6. The van der Waals surface area contributed by atoms with Crippen LogP contribution in [-0.2, 0) is 19.1 Å². The standard InChI is InChI=1S/2C16H26O2/c2*1-14(2,3)18-13(17)16-8-11-5-12(9-16)7-15(4,6-11)10-16/h2*11-12H,5-10H2,1-4H3. The number of hydrogen-bond donors (Lipinski definition) is 0. The predicted molar refractivity (Wildman–Crippen MR) is 142 cm³/mol. The minimum atomic E-state index is -0.346. The molecule has 8 saturated carbocycles. The van der Waals surface area contributed by atoms with E-state index in [1.165, 1.54) is 38.5 Å². The van der Waals surface area contributed by atoms with E-state index in [-0.39, 0.29) is 34.0 Å². The van der Waals surface area contributed by atoms with Gasteiger partial charge in [0.05, 0.1) is 10.8 Å². The van der Waals surface area contributed by atoms with Gasteiger partial charge in [0, 0.05) is 0 Å². The van der Waals surface area contributed by atoms with Gasteiger partial charge in [0.2, 0.25) is 0 Å². The highest BCUT2D eigenvalue weighted by Crippen LogP contribution is 2.66. The van der Waals surface area contributed by atoms with Crippen LogP contribution in [0.5, 0.6) is 0 Å². The minimum absolute atomic E-state index is 0.0929. The van der Waals surface area contributed by atoms with Crippen LogP contribution in [0.1, 0.15) is 132 Å². The topological polar surface area (TPSA) is 52.6 Å². The Labute approximate surface area is 220 Å². The lowest BCUT2D eigenvalue weighted by molar-refractivity contribution is -0.190. The number of carbonyl (C=O) groups excluding carboxylic acids is 2. The van der Waals surface area contributed by atoms with Crippen molar-refractivity contribution in [1.82, 2.24) is 0 Å². The van der Waals surface area contributed by atoms with Gasteiger partial charge in [-0.25, -0.2) is 0 Å². The molecule has 0 heterocycles. The first-order valence-electron chi connectivity index (χ1n) is 14.9. The molecule has 4 atom stereocenters. The largest absolute Gasteiger partial charge is 0.460 e. The van der Waals surface area contributed by atoms with Crippen molar-refractivity contribution in [2.75, 3.05) is 0 Å². The van der Waals surface area contributed by atoms with E-state index in [2.05, 4.69) is 13.8 Å². The first-order chi connectivity index (χ1) is 16.4. The van der Waals surface area contributed by atoms with Crippen LogP contribution in [0.2, 0.25) is 0 Å². The van der Waals surface area contributed by atoms with Gasteiger partial charge in [0.1, 0.15) is 11.2 Å². The van der Waals surface area contributed by atoms with E-state index in [0.717, 1.165) is 62.2 Å². The fourth-order valence-corrected chi connectivity index (χ4v) is 10.7. The Morgan fingerprint density at radius 2 is 0.833 bits per heavy atom. The van der Waals surface area contributed by atoms with Gasteiger partial charge < -0.3 is 9.47 Å². The van der Waals surface area contributed by atoms with Crippen LogP contribution >= 0.6 is 0 Å². The molecule has 0 aromatic carbocycles. The molecule has 0 saturated heterocycles. The molecule has 204 valence electrons. The Hall–Kier alpha value is -1.06. The van der Waals surface area contributed by atoms with Crippen molar-refractivity contribution >= 4 is 11.9 Å². The molecule has 8 rings (SSSR count). The summed E-state index contributed by atoms with van der Waals surface area (Å²) < 4.78 is 11.5. The first-order valence-corrected chi connectivity index (χ1v) is 14.9. The summed E-state index contributed by atoms with van der Waals surface area (Å²) in [4.78, 5) is 25.3. The highest BCUT2D eigenvalue weighted by atomic mass is 16.6. The van der Waals surface area contributed by atoms with E-state index in [0.29, 0.717) is 10.8 Å². The molecule has 0 radical (unpaired) electrons. The third-order valence-electron chi connectivity index (χ3n) is 10.4. The minimum Gasteiger partial charge on any atom is -0.460 e. The molecule has 0 aromatic rings. The van der Waals surface area contributed by atoms with Gasteiger partial charge in [0.15, 0.2) is 0 Å². The number of hydrogen-bond acceptors (Lipinski definition) is 4. The molecule has 36 heavy (non-hydrogen) atoms. The quantitative estimate of drug-likeness (QED) is 0.362. The third kappa shape index (κ3) is 5.13. The summed E-state index contributed by atoms with van der Waals surface area (Å²) in [5.74, 6) is 3.31. The van der Waals surface area contributed by atoms with Crippen LogP contribution in [0.15, 0.2) is 0 Å². The van der Waals surface area contributed by atoms with Gasteiger partial charge in [-0.05, 0) is 153 Å². The molecule has 4 unspecified atom stereocenters. The number of ether oxygens (including phenoxy) is 2. The van der Waals surface area contributed by atoms with Crippen molar-refractivity contribution in [3.05, 3.63) is 0 Å². The van der Waals surface area contributed by atoms with Gasteiger partial charge >= 0.3 is 11.9 Å². The van der Waals surface area contributed by atoms with Crippen LogP contribution in [0.4, 0.5) is 0 Å². The van der Waals surface area contributed by atoms with Gasteiger partial charge in [-0.3, -0.25) is 9.59 Å². The fraction of sp³-hybridized carbons (Fsp3) is 0.938. The van der Waals surface area contributed by atoms with Crippen LogP contribution < -0.4 is 0 Å². The molecule has 8 bridgehead atoms. The summed E-state index contributed by atoms with van der Waals surface area (Å²) in [7, 11) is 0. The van der Waals surface area contributed by atoms with Crippen molar-refractivity contribution in [1.29, 1.82) is 0 Å². The molecule has 8 aliphatic carbocycles. The summed E-state index contributed by atoms with van der Waals surface area (Å²) in [6.07, 6.45) is 14.6. The van der Waals surface area contributed by atoms with Crippen molar-refractivity contribution in [2.45, 2.75) is 144 Å². The van der Waals surface area contributed by atoms with Crippen LogP contribution in [0, 0.1) is 45.3 Å². The summed E-state index contributed by atoms with van der Waals surface area (Å²) in [5.41, 5.74) is -0.122. The van der Waals surface area contributed by atoms with E-state index in [1.54, 1.807) is 0 Å². The van der Waals surface area contributed by atoms with Crippen molar-refractivity contribution in [3.63, 3.8) is 0 Å². The number of rotatable bonds is 2. The average molecular weight is 501 g/mol. The van der Waals surface area contributed by atoms with Gasteiger partial charge in [-0.1, -0.05) is 13.8 Å². The molecular weight excluding hydrogens is 448 g/mol. The monoisotopic (exact) mass is 500 g/mol. The fourth-order valence-electron chi connectivity index (χ4n) is 10.7. The van der Waals surface area contributed by atoms with E-state index in [4.69, 9.17) is 9.47 Å². The lowest BCUT2D eigenvalue weighted by Gasteiger charge is -2.60. The highest BCUT2D eigenvalue weighted by molar-refractivity contribution is 5.78. The third-order valence-corrected chi connectivity index (χ3v) is 10.4. The second-order valence-corrected chi connectivity index (χ2v) is 17.1. The summed E-state index contributed by atoms with van der Waals surface area (Å²) in [6, 6.07) is 0. The van der Waals surface area contributed by atoms with Crippen LogP contribution in [-0.4, -0.2) is 23.1 Å². The van der Waals surface area contributed by atoms with Crippen LogP contribution in [0.25, 0.3) is 0 Å². The van der Waals surface area contributed by atoms with E-state index in [1.807, 2.05) is 41.5 Å².